The van der Waals surface area contributed by atoms with Crippen molar-refractivity contribution in [1.82, 2.24) is 9.88 Å². The molecule has 2 saturated heterocycles. The largest absolute Gasteiger partial charge is 0.381 e. The molecular formula is C19H27N3O3. The van der Waals surface area contributed by atoms with Gasteiger partial charge in [0.25, 0.3) is 0 Å². The molecule has 0 unspecified atom stereocenters. The van der Waals surface area contributed by atoms with Crippen LogP contribution in [-0.4, -0.2) is 48.0 Å². The average Bonchev–Trinajstić information content (AvgIpc) is 2.67. The van der Waals surface area contributed by atoms with Crippen LogP contribution in [0, 0.1) is 5.92 Å². The number of aryl methyl sites for hydroxylation is 1. The Bertz CT molecular complexity index is 606. The summed E-state index contributed by atoms with van der Waals surface area (Å²) in [5.74, 6) is 0.518. The highest BCUT2D eigenvalue weighted by Gasteiger charge is 2.30. The molecule has 0 bridgehead atoms. The molecule has 2 aliphatic heterocycles. The lowest BCUT2D eigenvalue weighted by molar-refractivity contribution is -0.139. The smallest absolute Gasteiger partial charge is 0.225 e. The fourth-order valence-corrected chi connectivity index (χ4v) is 3.71. The van der Waals surface area contributed by atoms with Gasteiger partial charge in [-0.1, -0.05) is 6.07 Å². The van der Waals surface area contributed by atoms with Crippen LogP contribution in [0.4, 0.5) is 0 Å². The van der Waals surface area contributed by atoms with Crippen LogP contribution in [0.2, 0.25) is 0 Å². The van der Waals surface area contributed by atoms with E-state index in [1.165, 1.54) is 0 Å². The summed E-state index contributed by atoms with van der Waals surface area (Å²) in [4.78, 5) is 30.3. The number of hydrogen-bond donors (Lipinski definition) is 1. The number of aromatic nitrogens is 1. The second kappa shape index (κ2) is 8.43. The number of piperidine rings is 1. The van der Waals surface area contributed by atoms with E-state index in [1.54, 1.807) is 0 Å². The molecule has 0 spiro atoms. The highest BCUT2D eigenvalue weighted by atomic mass is 16.5. The van der Waals surface area contributed by atoms with Crippen molar-refractivity contribution in [3.05, 3.63) is 29.6 Å². The van der Waals surface area contributed by atoms with E-state index in [2.05, 4.69) is 0 Å². The predicted octanol–water partition coefficient (Wildman–Crippen LogP) is 1.63. The third kappa shape index (κ3) is 4.78. The van der Waals surface area contributed by atoms with Crippen molar-refractivity contribution >= 4 is 11.8 Å². The maximum Gasteiger partial charge on any atom is 0.225 e. The van der Waals surface area contributed by atoms with Crippen LogP contribution in [0.1, 0.15) is 49.4 Å². The summed E-state index contributed by atoms with van der Waals surface area (Å²) in [7, 11) is 0. The van der Waals surface area contributed by atoms with Gasteiger partial charge in [0, 0.05) is 55.9 Å². The van der Waals surface area contributed by atoms with Crippen molar-refractivity contribution in [3.63, 3.8) is 0 Å². The van der Waals surface area contributed by atoms with Gasteiger partial charge in [-0.05, 0) is 44.2 Å². The number of primary amides is 1. The minimum atomic E-state index is -0.299. The lowest BCUT2D eigenvalue weighted by atomic mass is 9.91. The van der Waals surface area contributed by atoms with Gasteiger partial charge in [-0.2, -0.15) is 0 Å². The first-order valence-electron chi connectivity index (χ1n) is 9.24. The fraction of sp³-hybridized carbons (Fsp3) is 0.632. The molecule has 2 amide bonds. The molecule has 1 aromatic heterocycles. The summed E-state index contributed by atoms with van der Waals surface area (Å²) >= 11 is 0. The Morgan fingerprint density at radius 2 is 1.88 bits per heavy atom. The summed E-state index contributed by atoms with van der Waals surface area (Å²) < 4.78 is 5.35. The first-order valence-corrected chi connectivity index (χ1v) is 9.24. The number of pyridine rings is 1. The minimum Gasteiger partial charge on any atom is -0.381 e. The first kappa shape index (κ1) is 17.9. The number of hydrogen-bond acceptors (Lipinski definition) is 4. The van der Waals surface area contributed by atoms with Crippen LogP contribution in [0.5, 0.6) is 0 Å². The molecule has 136 valence electrons. The van der Waals surface area contributed by atoms with Gasteiger partial charge < -0.3 is 15.4 Å². The number of likely N-dealkylation sites (tertiary alicyclic amines) is 1. The fourth-order valence-electron chi connectivity index (χ4n) is 3.71. The number of nitrogens with zero attached hydrogens (tertiary/aromatic N) is 2. The predicted molar refractivity (Wildman–Crippen MR) is 93.9 cm³/mol. The van der Waals surface area contributed by atoms with Crippen LogP contribution < -0.4 is 5.73 Å². The monoisotopic (exact) mass is 345 g/mol. The van der Waals surface area contributed by atoms with Gasteiger partial charge in [-0.15, -0.1) is 0 Å². The average molecular weight is 345 g/mol. The van der Waals surface area contributed by atoms with Crippen molar-refractivity contribution < 1.29 is 14.3 Å². The molecule has 2 fully saturated rings. The second-order valence-electron chi connectivity index (χ2n) is 7.01. The first-order chi connectivity index (χ1) is 12.1. The van der Waals surface area contributed by atoms with Crippen LogP contribution in [0.3, 0.4) is 0 Å². The number of carbonyl (C=O) groups excluding carboxylic acids is 2. The zero-order valence-corrected chi connectivity index (χ0v) is 14.7. The SMILES string of the molecule is NC(=O)CCc1cccc(C2CCN(C(=O)C3CCOCC3)CC2)n1. The Hall–Kier alpha value is -1.95. The van der Waals surface area contributed by atoms with E-state index in [9.17, 15) is 9.59 Å². The van der Waals surface area contributed by atoms with Crippen molar-refractivity contribution in [2.45, 2.75) is 44.4 Å². The summed E-state index contributed by atoms with van der Waals surface area (Å²) in [6.07, 6.45) is 4.51. The topological polar surface area (TPSA) is 85.5 Å². The number of carbonyl (C=O) groups is 2. The molecule has 3 rings (SSSR count). The quantitative estimate of drug-likeness (QED) is 0.879. The molecule has 0 radical (unpaired) electrons. The molecule has 3 heterocycles. The molecule has 2 aliphatic rings. The van der Waals surface area contributed by atoms with Crippen LogP contribution in [-0.2, 0) is 20.7 Å². The van der Waals surface area contributed by atoms with E-state index in [0.29, 0.717) is 37.9 Å². The second-order valence-corrected chi connectivity index (χ2v) is 7.01. The molecule has 2 N–H and O–H groups in total. The number of nitrogens with two attached hydrogens (primary N) is 1. The van der Waals surface area contributed by atoms with Crippen molar-refractivity contribution in [2.75, 3.05) is 26.3 Å². The van der Waals surface area contributed by atoms with Crippen LogP contribution >= 0.6 is 0 Å². The van der Waals surface area contributed by atoms with E-state index < -0.39 is 0 Å². The molecule has 1 aromatic rings. The van der Waals surface area contributed by atoms with Crippen LogP contribution in [0.25, 0.3) is 0 Å². The molecular weight excluding hydrogens is 318 g/mol. The summed E-state index contributed by atoms with van der Waals surface area (Å²) in [6, 6.07) is 5.99. The molecule has 0 aliphatic carbocycles. The van der Waals surface area contributed by atoms with Crippen molar-refractivity contribution in [2.24, 2.45) is 11.7 Å². The Morgan fingerprint density at radius 1 is 1.16 bits per heavy atom. The summed E-state index contributed by atoms with van der Waals surface area (Å²) in [5, 5.41) is 0. The highest BCUT2D eigenvalue weighted by Crippen LogP contribution is 2.29. The Labute approximate surface area is 148 Å². The van der Waals surface area contributed by atoms with E-state index in [-0.39, 0.29) is 11.8 Å². The van der Waals surface area contributed by atoms with Gasteiger partial charge >= 0.3 is 0 Å². The summed E-state index contributed by atoms with van der Waals surface area (Å²) in [6.45, 7) is 3.01. The minimum absolute atomic E-state index is 0.139. The van der Waals surface area contributed by atoms with Crippen molar-refractivity contribution in [1.29, 1.82) is 0 Å². The molecule has 0 saturated carbocycles. The number of ether oxygens (including phenoxy) is 1. The Morgan fingerprint density at radius 3 is 2.56 bits per heavy atom. The van der Waals surface area contributed by atoms with Crippen LogP contribution in [0.15, 0.2) is 18.2 Å². The third-order valence-corrected chi connectivity index (χ3v) is 5.25. The number of amides is 2. The molecule has 6 nitrogen and oxygen atoms in total. The Balaban J connectivity index is 1.54. The molecule has 0 atom stereocenters. The van der Waals surface area contributed by atoms with E-state index in [1.807, 2.05) is 23.1 Å². The Kier molecular flexibility index (Phi) is 6.02. The van der Waals surface area contributed by atoms with Gasteiger partial charge in [-0.25, -0.2) is 0 Å². The van der Waals surface area contributed by atoms with E-state index in [4.69, 9.17) is 15.5 Å². The molecule has 0 aromatic carbocycles. The highest BCUT2D eigenvalue weighted by molar-refractivity contribution is 5.79. The van der Waals surface area contributed by atoms with Gasteiger partial charge in [0.15, 0.2) is 0 Å². The molecule has 25 heavy (non-hydrogen) atoms. The van der Waals surface area contributed by atoms with Gasteiger partial charge in [0.05, 0.1) is 0 Å². The van der Waals surface area contributed by atoms with Crippen molar-refractivity contribution in [3.8, 4) is 0 Å². The maximum absolute atomic E-state index is 12.6. The lowest BCUT2D eigenvalue weighted by Gasteiger charge is -2.35. The maximum atomic E-state index is 12.6. The summed E-state index contributed by atoms with van der Waals surface area (Å²) in [5.41, 5.74) is 7.20. The van der Waals surface area contributed by atoms with Gasteiger partial charge in [-0.3, -0.25) is 14.6 Å². The molecule has 6 heteroatoms. The number of rotatable bonds is 5. The lowest BCUT2D eigenvalue weighted by Crippen LogP contribution is -2.42. The normalized spacial score (nSPS) is 19.8. The van der Waals surface area contributed by atoms with Gasteiger partial charge in [0.1, 0.15) is 0 Å². The zero-order valence-electron chi connectivity index (χ0n) is 14.7. The standard InChI is InChI=1S/C19H27N3O3/c20-18(23)5-4-16-2-1-3-17(21-16)14-6-10-22(11-7-14)19(24)15-8-12-25-13-9-15/h1-3,14-15H,4-13H2,(H2,20,23). The van der Waals surface area contributed by atoms with E-state index >= 15 is 0 Å². The van der Waals surface area contributed by atoms with E-state index in [0.717, 1.165) is 50.2 Å². The van der Waals surface area contributed by atoms with Gasteiger partial charge in [0.2, 0.25) is 11.8 Å². The third-order valence-electron chi connectivity index (χ3n) is 5.25. The zero-order chi connectivity index (χ0) is 17.6.